The second-order valence-electron chi connectivity index (χ2n) is 35.4. The molecule has 1 aliphatic carbocycles. The van der Waals surface area contributed by atoms with Crippen molar-refractivity contribution in [2.24, 2.45) is 101 Å². The van der Waals surface area contributed by atoms with Gasteiger partial charge in [-0.05, 0) is 139 Å². The first-order chi connectivity index (χ1) is 44.7. The molecule has 556 valence electrons. The van der Waals surface area contributed by atoms with E-state index in [1.165, 1.54) is 263 Å². The summed E-state index contributed by atoms with van der Waals surface area (Å²) in [6, 6.07) is 0. The topological polar surface area (TPSA) is 77.4 Å². The molecule has 0 aromatic carbocycles. The van der Waals surface area contributed by atoms with Crippen molar-refractivity contribution >= 4 is 0 Å². The van der Waals surface area contributed by atoms with E-state index in [0.29, 0.717) is 36.9 Å². The molecular formula is C87H172O6. The Morgan fingerprint density at radius 3 is 0.667 bits per heavy atom. The molecule has 2 rings (SSSR count). The van der Waals surface area contributed by atoms with E-state index in [2.05, 4.69) is 104 Å². The van der Waals surface area contributed by atoms with E-state index in [0.717, 1.165) is 129 Å². The Kier molecular flexibility index (Phi) is 55.8. The highest BCUT2D eigenvalue weighted by Gasteiger charge is 2.26. The lowest BCUT2D eigenvalue weighted by molar-refractivity contribution is -0.0471. The fourth-order valence-electron chi connectivity index (χ4n) is 16.6. The number of ether oxygens (including phenoxy) is 4. The number of fused-ring (bicyclic) bond motifs is 2. The lowest BCUT2D eigenvalue weighted by Crippen LogP contribution is -2.25. The molecule has 93 heavy (non-hydrogen) atoms. The highest BCUT2D eigenvalue weighted by molar-refractivity contribution is 4.78. The molecule has 1 aliphatic heterocycles. The standard InChI is InChI=1S/C87H172O6/c1-69-27-16-30-72(4)36-22-43-79(11)55-59-90-67-86(65-88)92-61-57-81(13)44-23-37-74(6)32-18-29-71(3)35-21-41-77(9)51-52-78(10)42-25-47-83(15)63-85-54-53-84(64-85)48-26-46-80(12)56-60-91-68-87(66-89)93-62-58-82(14)45-24-38-73(5)31-17-28-70(2)34-20-40-76(8)50-49-75(7)39-19-33-69/h69-89H,16-68H2,1-15H3. The van der Waals surface area contributed by atoms with Crippen LogP contribution in [0.4, 0.5) is 0 Å². The zero-order chi connectivity index (χ0) is 68.3. The molecule has 0 aromatic heterocycles. The van der Waals surface area contributed by atoms with Crippen LogP contribution in [0.5, 0.6) is 0 Å². The summed E-state index contributed by atoms with van der Waals surface area (Å²) in [6.45, 7) is 41.3. The molecule has 2 N–H and O–H groups in total. The molecular weight excluding hydrogens is 1140 g/mol. The summed E-state index contributed by atoms with van der Waals surface area (Å²) in [5, 5.41) is 20.1. The lowest BCUT2D eigenvalue weighted by atomic mass is 9.87. The van der Waals surface area contributed by atoms with Crippen molar-refractivity contribution in [1.82, 2.24) is 0 Å². The van der Waals surface area contributed by atoms with Gasteiger partial charge < -0.3 is 29.2 Å². The predicted octanol–water partition coefficient (Wildman–Crippen LogP) is 26.1. The highest BCUT2D eigenvalue weighted by Crippen LogP contribution is 2.39. The van der Waals surface area contributed by atoms with Crippen LogP contribution in [-0.4, -0.2) is 75.3 Å². The third-order valence-corrected chi connectivity index (χ3v) is 24.4. The largest absolute Gasteiger partial charge is 0.394 e. The van der Waals surface area contributed by atoms with Gasteiger partial charge in [0.1, 0.15) is 12.2 Å². The zero-order valence-electron chi connectivity index (χ0n) is 66.0. The average Bonchev–Trinajstić information content (AvgIpc) is 2.51. The molecule has 19 unspecified atom stereocenters. The van der Waals surface area contributed by atoms with E-state index in [1.807, 2.05) is 0 Å². The van der Waals surface area contributed by atoms with Crippen LogP contribution in [0.25, 0.3) is 0 Å². The van der Waals surface area contributed by atoms with Crippen LogP contribution < -0.4 is 0 Å². The summed E-state index contributed by atoms with van der Waals surface area (Å²) in [7, 11) is 0. The van der Waals surface area contributed by atoms with E-state index in [4.69, 9.17) is 18.9 Å². The Hall–Kier alpha value is -0.240. The SMILES string of the molecule is CC1CCCC(C)CCCC(C)CCC(C)CCCC(C)CCCC(C)CCCC(C)CCOC(CO)COCCC(C)CCCC2CCC(CC(C)CCCC(C)CCC(C)CCCC(C)CCCC(C)CCCC(C)CCOC(CO)COCCC(C)CCC1)C2. The third-order valence-electron chi connectivity index (χ3n) is 24.4. The van der Waals surface area contributed by atoms with Crippen molar-refractivity contribution in [3.63, 3.8) is 0 Å². The molecule has 2 bridgehead atoms. The third kappa shape index (κ3) is 52.4. The van der Waals surface area contributed by atoms with Gasteiger partial charge in [-0.1, -0.05) is 354 Å². The number of rotatable bonds is 2. The molecule has 0 spiro atoms. The van der Waals surface area contributed by atoms with Crippen LogP contribution in [0.3, 0.4) is 0 Å². The molecule has 19 atom stereocenters. The lowest BCUT2D eigenvalue weighted by Gasteiger charge is -2.20. The molecule has 1 saturated carbocycles. The van der Waals surface area contributed by atoms with Crippen molar-refractivity contribution in [2.75, 3.05) is 52.9 Å². The number of hydrogen-bond acceptors (Lipinski definition) is 6. The van der Waals surface area contributed by atoms with Crippen LogP contribution in [0, 0.1) is 101 Å². The van der Waals surface area contributed by atoms with Crippen LogP contribution in [0.1, 0.15) is 393 Å². The van der Waals surface area contributed by atoms with E-state index in [-0.39, 0.29) is 25.4 Å². The van der Waals surface area contributed by atoms with Gasteiger partial charge in [0.2, 0.25) is 0 Å². The maximum Gasteiger partial charge on any atom is 0.104 e. The minimum Gasteiger partial charge on any atom is -0.394 e. The molecule has 0 amide bonds. The van der Waals surface area contributed by atoms with Crippen LogP contribution >= 0.6 is 0 Å². The van der Waals surface area contributed by atoms with Gasteiger partial charge in [-0.15, -0.1) is 0 Å². The molecule has 2 fully saturated rings. The van der Waals surface area contributed by atoms with Crippen molar-refractivity contribution in [1.29, 1.82) is 0 Å². The van der Waals surface area contributed by atoms with Gasteiger partial charge in [-0.25, -0.2) is 0 Å². The first-order valence-corrected chi connectivity index (χ1v) is 42.3. The molecule has 0 radical (unpaired) electrons. The van der Waals surface area contributed by atoms with Gasteiger partial charge in [0.25, 0.3) is 0 Å². The molecule has 2 aliphatic rings. The van der Waals surface area contributed by atoms with E-state index in [9.17, 15) is 10.2 Å². The van der Waals surface area contributed by atoms with E-state index < -0.39 is 0 Å². The summed E-state index contributed by atoms with van der Waals surface area (Å²) in [5.74, 6) is 14.0. The minimum atomic E-state index is -0.203. The van der Waals surface area contributed by atoms with Gasteiger partial charge in [-0.2, -0.15) is 0 Å². The van der Waals surface area contributed by atoms with Gasteiger partial charge in [0, 0.05) is 26.4 Å². The summed E-state index contributed by atoms with van der Waals surface area (Å²) in [5.41, 5.74) is 0. The second kappa shape index (κ2) is 58.4. The fourth-order valence-corrected chi connectivity index (χ4v) is 16.6. The summed E-state index contributed by atoms with van der Waals surface area (Å²) >= 11 is 0. The first kappa shape index (κ1) is 88.8. The molecule has 6 nitrogen and oxygen atoms in total. The second-order valence-corrected chi connectivity index (χ2v) is 35.4. The maximum absolute atomic E-state index is 10.1. The van der Waals surface area contributed by atoms with Gasteiger partial charge >= 0.3 is 0 Å². The van der Waals surface area contributed by atoms with E-state index in [1.54, 1.807) is 0 Å². The number of aliphatic hydroxyl groups excluding tert-OH is 2. The zero-order valence-corrected chi connectivity index (χ0v) is 66.0. The Bertz CT molecular complexity index is 1590. The number of aliphatic hydroxyl groups is 2. The van der Waals surface area contributed by atoms with Crippen molar-refractivity contribution in [3.8, 4) is 0 Å². The highest BCUT2D eigenvalue weighted by atomic mass is 16.5. The summed E-state index contributed by atoms with van der Waals surface area (Å²) < 4.78 is 24.4. The molecule has 1 heterocycles. The predicted molar refractivity (Wildman–Crippen MR) is 407 cm³/mol. The minimum absolute atomic E-state index is 0.0423. The van der Waals surface area contributed by atoms with E-state index >= 15 is 0 Å². The number of hydrogen-bond donors (Lipinski definition) is 2. The van der Waals surface area contributed by atoms with Crippen LogP contribution in [0.15, 0.2) is 0 Å². The summed E-state index contributed by atoms with van der Waals surface area (Å²) in [4.78, 5) is 0. The molecule has 6 heteroatoms. The van der Waals surface area contributed by atoms with Crippen molar-refractivity contribution in [3.05, 3.63) is 0 Å². The smallest absolute Gasteiger partial charge is 0.104 e. The van der Waals surface area contributed by atoms with Crippen molar-refractivity contribution in [2.45, 2.75) is 405 Å². The summed E-state index contributed by atoms with van der Waals surface area (Å²) in [6.07, 6.45) is 60.9. The average molecular weight is 1310 g/mol. The van der Waals surface area contributed by atoms with Crippen molar-refractivity contribution < 1.29 is 29.2 Å². The first-order valence-electron chi connectivity index (χ1n) is 42.3. The normalized spacial score (nSPS) is 37.1. The molecule has 1 saturated heterocycles. The Morgan fingerprint density at radius 1 is 0.204 bits per heavy atom. The Balaban J connectivity index is 1.73. The Labute approximate surface area is 584 Å². The fraction of sp³-hybridized carbons (Fsp3) is 1.00. The van der Waals surface area contributed by atoms with Crippen LogP contribution in [0.2, 0.25) is 0 Å². The van der Waals surface area contributed by atoms with Gasteiger partial charge in [0.15, 0.2) is 0 Å². The molecule has 0 aromatic rings. The Morgan fingerprint density at radius 2 is 0.409 bits per heavy atom. The van der Waals surface area contributed by atoms with Gasteiger partial charge in [-0.3, -0.25) is 0 Å². The maximum atomic E-state index is 10.1. The van der Waals surface area contributed by atoms with Gasteiger partial charge in [0.05, 0.1) is 26.4 Å². The quantitative estimate of drug-likeness (QED) is 0.287. The monoisotopic (exact) mass is 1310 g/mol. The van der Waals surface area contributed by atoms with Crippen LogP contribution in [-0.2, 0) is 18.9 Å².